The molecular weight excluding hydrogens is 516 g/mol. The normalized spacial score (nSPS) is 15.0. The lowest BCUT2D eigenvalue weighted by atomic mass is 10.1. The first-order valence-corrected chi connectivity index (χ1v) is 11.2. The molecule has 0 aromatic heterocycles. The van der Waals surface area contributed by atoms with Crippen molar-refractivity contribution in [1.82, 2.24) is 5.32 Å². The summed E-state index contributed by atoms with van der Waals surface area (Å²) in [4.78, 5) is 50.2. The molecule has 0 bridgehead atoms. The number of aryl methyl sites for hydroxylation is 1. The van der Waals surface area contributed by atoms with E-state index in [-0.39, 0.29) is 29.6 Å². The summed E-state index contributed by atoms with van der Waals surface area (Å²) in [5.41, 5.74) is 1.55. The van der Waals surface area contributed by atoms with E-state index >= 15 is 0 Å². The number of carbonyl (C=O) groups is 4. The third-order valence-corrected chi connectivity index (χ3v) is 5.55. The summed E-state index contributed by atoms with van der Waals surface area (Å²) < 4.78 is 10.6. The molecular formula is C23H20BrClN2O6. The predicted molar refractivity (Wildman–Crippen MR) is 126 cm³/mol. The highest BCUT2D eigenvalue weighted by atomic mass is 79.9. The van der Waals surface area contributed by atoms with E-state index in [2.05, 4.69) is 21.2 Å². The molecule has 0 spiro atoms. The molecule has 1 N–H and O–H groups in total. The Labute approximate surface area is 203 Å². The van der Waals surface area contributed by atoms with E-state index in [0.717, 1.165) is 16.9 Å². The van der Waals surface area contributed by atoms with Gasteiger partial charge in [-0.25, -0.2) is 14.5 Å². The fourth-order valence-corrected chi connectivity index (χ4v) is 4.06. The molecule has 3 rings (SSSR count). The van der Waals surface area contributed by atoms with E-state index in [1.54, 1.807) is 25.1 Å². The van der Waals surface area contributed by atoms with Crippen molar-refractivity contribution in [2.75, 3.05) is 18.1 Å². The highest BCUT2D eigenvalue weighted by Crippen LogP contribution is 2.35. The molecule has 8 nitrogen and oxygen atoms in total. The molecule has 4 amide bonds. The van der Waals surface area contributed by atoms with Gasteiger partial charge >= 0.3 is 12.0 Å². The summed E-state index contributed by atoms with van der Waals surface area (Å²) in [6.07, 6.45) is 2.13. The predicted octanol–water partition coefficient (Wildman–Crippen LogP) is 4.27. The van der Waals surface area contributed by atoms with Crippen LogP contribution in [0.1, 0.15) is 25.0 Å². The van der Waals surface area contributed by atoms with Gasteiger partial charge in [-0.2, -0.15) is 0 Å². The first-order valence-electron chi connectivity index (χ1n) is 10.0. The highest BCUT2D eigenvalue weighted by molar-refractivity contribution is 9.10. The maximum absolute atomic E-state index is 13.0. The van der Waals surface area contributed by atoms with Crippen LogP contribution < -0.4 is 15.0 Å². The lowest BCUT2D eigenvalue weighted by Crippen LogP contribution is -2.54. The fraction of sp³-hybridized carbons (Fsp3) is 0.217. The molecule has 0 unspecified atom stereocenters. The van der Waals surface area contributed by atoms with E-state index in [1.165, 1.54) is 12.1 Å². The standard InChI is InChI=1S/C23H20BrClN2O6/c1-3-13-5-7-15(8-6-13)27-22(30)16(21(29)26-23(27)31)9-14-10-17(24)20(18(25)11-14)33-12-19(28)32-4-2/h5-11H,3-4,12H2,1-2H3,(H,26,29,31)/b16-9-. The van der Waals surface area contributed by atoms with Gasteiger partial charge in [-0.15, -0.1) is 0 Å². The van der Waals surface area contributed by atoms with Crippen molar-refractivity contribution in [1.29, 1.82) is 0 Å². The van der Waals surface area contributed by atoms with Gasteiger partial charge in [-0.3, -0.25) is 14.9 Å². The second-order valence-electron chi connectivity index (χ2n) is 6.89. The van der Waals surface area contributed by atoms with E-state index < -0.39 is 23.8 Å². The number of barbiturate groups is 1. The van der Waals surface area contributed by atoms with Crippen molar-refractivity contribution >= 4 is 63.1 Å². The van der Waals surface area contributed by atoms with Gasteiger partial charge in [0.25, 0.3) is 11.8 Å². The Morgan fingerprint density at radius 2 is 1.85 bits per heavy atom. The largest absolute Gasteiger partial charge is 0.479 e. The highest BCUT2D eigenvalue weighted by Gasteiger charge is 2.36. The zero-order valence-electron chi connectivity index (χ0n) is 17.8. The van der Waals surface area contributed by atoms with Gasteiger partial charge in [0.15, 0.2) is 12.4 Å². The molecule has 1 saturated heterocycles. The van der Waals surface area contributed by atoms with Gasteiger partial charge in [0.05, 0.1) is 21.8 Å². The van der Waals surface area contributed by atoms with Crippen LogP contribution >= 0.6 is 27.5 Å². The van der Waals surface area contributed by atoms with Crippen molar-refractivity contribution < 1.29 is 28.7 Å². The number of carbonyl (C=O) groups excluding carboxylic acids is 4. The zero-order chi connectivity index (χ0) is 24.1. The monoisotopic (exact) mass is 534 g/mol. The maximum Gasteiger partial charge on any atom is 0.344 e. The molecule has 33 heavy (non-hydrogen) atoms. The zero-order valence-corrected chi connectivity index (χ0v) is 20.2. The second-order valence-corrected chi connectivity index (χ2v) is 8.15. The lowest BCUT2D eigenvalue weighted by Gasteiger charge is -2.26. The van der Waals surface area contributed by atoms with Crippen LogP contribution in [0.5, 0.6) is 5.75 Å². The minimum absolute atomic E-state index is 0.146. The Morgan fingerprint density at radius 1 is 1.15 bits per heavy atom. The van der Waals surface area contributed by atoms with Crippen LogP contribution in [0.4, 0.5) is 10.5 Å². The summed E-state index contributed by atoms with van der Waals surface area (Å²) in [6, 6.07) is 9.12. The van der Waals surface area contributed by atoms with Gasteiger partial charge in [0.1, 0.15) is 5.57 Å². The molecule has 0 atom stereocenters. The van der Waals surface area contributed by atoms with E-state index in [0.29, 0.717) is 15.7 Å². The summed E-state index contributed by atoms with van der Waals surface area (Å²) in [5.74, 6) is -1.92. The summed E-state index contributed by atoms with van der Waals surface area (Å²) in [5, 5.41) is 2.33. The van der Waals surface area contributed by atoms with E-state index in [1.807, 2.05) is 19.1 Å². The van der Waals surface area contributed by atoms with Crippen molar-refractivity contribution in [3.05, 3.63) is 62.6 Å². The number of esters is 1. The van der Waals surface area contributed by atoms with Crippen LogP contribution in [0.3, 0.4) is 0 Å². The molecule has 1 heterocycles. The number of amides is 4. The number of anilines is 1. The number of nitrogens with one attached hydrogen (secondary N) is 1. The Kier molecular flexibility index (Phi) is 7.88. The van der Waals surface area contributed by atoms with Gasteiger partial charge in [0.2, 0.25) is 0 Å². The number of halogens is 2. The number of nitrogens with zero attached hydrogens (tertiary/aromatic N) is 1. The summed E-state index contributed by atoms with van der Waals surface area (Å²) in [7, 11) is 0. The van der Waals surface area contributed by atoms with E-state index in [9.17, 15) is 19.2 Å². The Bertz CT molecular complexity index is 1120. The topological polar surface area (TPSA) is 102 Å². The molecule has 10 heteroatoms. The Balaban J connectivity index is 1.89. The van der Waals surface area contributed by atoms with Crippen molar-refractivity contribution in [3.8, 4) is 5.75 Å². The Hall–Kier alpha value is -3.17. The number of rotatable bonds is 7. The van der Waals surface area contributed by atoms with Crippen LogP contribution in [0.2, 0.25) is 5.02 Å². The third-order valence-electron chi connectivity index (χ3n) is 4.68. The average Bonchev–Trinajstić information content (AvgIpc) is 2.76. The number of urea groups is 1. The number of ether oxygens (including phenoxy) is 2. The molecule has 2 aromatic carbocycles. The molecule has 0 saturated carbocycles. The molecule has 1 aliphatic rings. The molecule has 1 fully saturated rings. The van der Waals surface area contributed by atoms with Gasteiger partial charge in [0, 0.05) is 0 Å². The Morgan fingerprint density at radius 3 is 2.45 bits per heavy atom. The van der Waals surface area contributed by atoms with Crippen LogP contribution in [-0.2, 0) is 25.5 Å². The minimum Gasteiger partial charge on any atom is -0.479 e. The first-order chi connectivity index (χ1) is 15.7. The minimum atomic E-state index is -0.826. The van der Waals surface area contributed by atoms with Crippen molar-refractivity contribution in [2.45, 2.75) is 20.3 Å². The van der Waals surface area contributed by atoms with Crippen LogP contribution in [0.15, 0.2) is 46.4 Å². The molecule has 172 valence electrons. The molecule has 0 radical (unpaired) electrons. The van der Waals surface area contributed by atoms with E-state index in [4.69, 9.17) is 21.1 Å². The van der Waals surface area contributed by atoms with Crippen LogP contribution in [0.25, 0.3) is 6.08 Å². The average molecular weight is 536 g/mol. The summed E-state index contributed by atoms with van der Waals surface area (Å²) >= 11 is 9.59. The second kappa shape index (κ2) is 10.6. The molecule has 1 aliphatic heterocycles. The molecule has 0 aliphatic carbocycles. The lowest BCUT2D eigenvalue weighted by molar-refractivity contribution is -0.145. The number of imide groups is 2. The first kappa shape index (κ1) is 24.5. The maximum atomic E-state index is 13.0. The van der Waals surface area contributed by atoms with Crippen LogP contribution in [0, 0.1) is 0 Å². The number of hydrogen-bond donors (Lipinski definition) is 1. The quantitative estimate of drug-likeness (QED) is 0.323. The SMILES string of the molecule is CCOC(=O)COc1c(Cl)cc(/C=C2/C(=O)NC(=O)N(c3ccc(CC)cc3)C2=O)cc1Br. The molecule has 2 aromatic rings. The fourth-order valence-electron chi connectivity index (χ4n) is 3.07. The summed E-state index contributed by atoms with van der Waals surface area (Å²) in [6.45, 7) is 3.56. The van der Waals surface area contributed by atoms with Gasteiger partial charge in [-0.1, -0.05) is 30.7 Å². The number of hydrogen-bond acceptors (Lipinski definition) is 6. The third kappa shape index (κ3) is 5.61. The van der Waals surface area contributed by atoms with Gasteiger partial charge in [-0.05, 0) is 70.7 Å². The smallest absolute Gasteiger partial charge is 0.344 e. The van der Waals surface area contributed by atoms with Crippen molar-refractivity contribution in [3.63, 3.8) is 0 Å². The van der Waals surface area contributed by atoms with Crippen LogP contribution in [-0.4, -0.2) is 37.0 Å². The van der Waals surface area contributed by atoms with Crippen molar-refractivity contribution in [2.24, 2.45) is 0 Å². The van der Waals surface area contributed by atoms with Gasteiger partial charge < -0.3 is 9.47 Å². The number of benzene rings is 2.